The van der Waals surface area contributed by atoms with Crippen LogP contribution in [-0.4, -0.2) is 19.6 Å². The second-order valence-corrected chi connectivity index (χ2v) is 6.66. The van der Waals surface area contributed by atoms with Gasteiger partial charge in [-0.3, -0.25) is 4.55 Å². The van der Waals surface area contributed by atoms with Gasteiger partial charge in [0.15, 0.2) is 0 Å². The van der Waals surface area contributed by atoms with Gasteiger partial charge in [-0.1, -0.05) is 70.3 Å². The third-order valence-corrected chi connectivity index (χ3v) is 4.00. The first-order valence-corrected chi connectivity index (χ1v) is 9.65. The molecule has 5 heteroatoms. The number of unbranched alkanes of at least 4 members (excludes halogenated alkanes) is 12. The van der Waals surface area contributed by atoms with Gasteiger partial charge >= 0.3 is 10.4 Å². The van der Waals surface area contributed by atoms with Gasteiger partial charge < -0.3 is 0 Å². The minimum atomic E-state index is -4.25. The van der Waals surface area contributed by atoms with Crippen LogP contribution in [0.25, 0.3) is 0 Å². The zero-order valence-electron chi connectivity index (χ0n) is 13.3. The SMILES string of the molecule is C=CCCCCCCCCCCCCCCOS(=O)(=O)O. The molecule has 0 amide bonds. The lowest BCUT2D eigenvalue weighted by Crippen LogP contribution is -2.04. The predicted molar refractivity (Wildman–Crippen MR) is 87.7 cm³/mol. The Morgan fingerprint density at radius 3 is 1.52 bits per heavy atom. The van der Waals surface area contributed by atoms with E-state index in [9.17, 15) is 8.42 Å². The first-order valence-electron chi connectivity index (χ1n) is 8.29. The number of rotatable bonds is 16. The van der Waals surface area contributed by atoms with Crippen LogP contribution in [0, 0.1) is 0 Å². The molecule has 0 aromatic carbocycles. The van der Waals surface area contributed by atoms with Crippen LogP contribution < -0.4 is 0 Å². The summed E-state index contributed by atoms with van der Waals surface area (Å²) in [5, 5.41) is 0. The highest BCUT2D eigenvalue weighted by Crippen LogP contribution is 2.12. The van der Waals surface area contributed by atoms with Gasteiger partial charge in [-0.25, -0.2) is 4.18 Å². The average molecular weight is 320 g/mol. The average Bonchev–Trinajstić information content (AvgIpc) is 2.42. The minimum absolute atomic E-state index is 0.0880. The van der Waals surface area contributed by atoms with Gasteiger partial charge in [-0.2, -0.15) is 8.42 Å². The number of hydrogen-bond donors (Lipinski definition) is 1. The summed E-state index contributed by atoms with van der Waals surface area (Å²) in [6.45, 7) is 3.81. The van der Waals surface area contributed by atoms with E-state index in [1.165, 1.54) is 57.8 Å². The van der Waals surface area contributed by atoms with Gasteiger partial charge in [0.2, 0.25) is 0 Å². The first-order chi connectivity index (χ1) is 10.1. The zero-order valence-corrected chi connectivity index (χ0v) is 14.1. The molecule has 0 aliphatic carbocycles. The van der Waals surface area contributed by atoms with Crippen LogP contribution in [0.2, 0.25) is 0 Å². The highest BCUT2D eigenvalue weighted by Gasteiger charge is 2.02. The second kappa shape index (κ2) is 14.5. The summed E-state index contributed by atoms with van der Waals surface area (Å²) < 4.78 is 33.2. The summed E-state index contributed by atoms with van der Waals surface area (Å²) in [5.41, 5.74) is 0. The Balaban J connectivity index is 3.04. The third kappa shape index (κ3) is 19.6. The molecule has 0 unspecified atom stereocenters. The smallest absolute Gasteiger partial charge is 0.264 e. The molecule has 0 aromatic heterocycles. The van der Waals surface area contributed by atoms with Gasteiger partial charge in [-0.05, 0) is 19.3 Å². The summed E-state index contributed by atoms with van der Waals surface area (Å²) in [6.07, 6.45) is 17.6. The van der Waals surface area contributed by atoms with Crippen molar-refractivity contribution in [2.75, 3.05) is 6.61 Å². The van der Waals surface area contributed by atoms with Crippen molar-refractivity contribution >= 4 is 10.4 Å². The van der Waals surface area contributed by atoms with E-state index in [2.05, 4.69) is 10.8 Å². The lowest BCUT2D eigenvalue weighted by molar-refractivity contribution is 0.261. The maximum Gasteiger partial charge on any atom is 0.397 e. The molecule has 0 radical (unpaired) electrons. The molecule has 0 bridgehead atoms. The Hall–Kier alpha value is -0.390. The second-order valence-electron chi connectivity index (χ2n) is 5.57. The van der Waals surface area contributed by atoms with Crippen LogP contribution in [0.4, 0.5) is 0 Å². The Morgan fingerprint density at radius 1 is 0.762 bits per heavy atom. The molecular weight excluding hydrogens is 288 g/mol. The van der Waals surface area contributed by atoms with Crippen molar-refractivity contribution in [1.29, 1.82) is 0 Å². The van der Waals surface area contributed by atoms with Crippen molar-refractivity contribution in [3.63, 3.8) is 0 Å². The molecule has 0 saturated heterocycles. The number of hydrogen-bond acceptors (Lipinski definition) is 3. The molecule has 0 aliphatic rings. The molecule has 0 atom stereocenters. The molecular formula is C16H32O4S. The molecule has 0 rings (SSSR count). The molecule has 1 N–H and O–H groups in total. The van der Waals surface area contributed by atoms with Crippen molar-refractivity contribution in [2.45, 2.75) is 83.5 Å². The van der Waals surface area contributed by atoms with E-state index < -0.39 is 10.4 Å². The summed E-state index contributed by atoms with van der Waals surface area (Å²) in [4.78, 5) is 0. The summed E-state index contributed by atoms with van der Waals surface area (Å²) in [5.74, 6) is 0. The van der Waals surface area contributed by atoms with Crippen LogP contribution in [0.15, 0.2) is 12.7 Å². The molecule has 0 spiro atoms. The van der Waals surface area contributed by atoms with Crippen molar-refractivity contribution < 1.29 is 17.2 Å². The van der Waals surface area contributed by atoms with Crippen molar-refractivity contribution in [3.8, 4) is 0 Å². The Morgan fingerprint density at radius 2 is 1.14 bits per heavy atom. The Bertz CT molecular complexity index is 325. The highest BCUT2D eigenvalue weighted by molar-refractivity contribution is 7.80. The third-order valence-electron chi connectivity index (χ3n) is 3.53. The van der Waals surface area contributed by atoms with Crippen molar-refractivity contribution in [3.05, 3.63) is 12.7 Å². The fraction of sp³-hybridized carbons (Fsp3) is 0.875. The normalized spacial score (nSPS) is 11.7. The largest absolute Gasteiger partial charge is 0.397 e. The first kappa shape index (κ1) is 20.6. The number of allylic oxidation sites excluding steroid dienone is 1. The van der Waals surface area contributed by atoms with Crippen LogP contribution in [-0.2, 0) is 14.6 Å². The van der Waals surface area contributed by atoms with Crippen LogP contribution in [0.3, 0.4) is 0 Å². The molecule has 126 valence electrons. The monoisotopic (exact) mass is 320 g/mol. The summed E-state index contributed by atoms with van der Waals surface area (Å²) >= 11 is 0. The van der Waals surface area contributed by atoms with E-state index in [0.29, 0.717) is 6.42 Å². The minimum Gasteiger partial charge on any atom is -0.264 e. The van der Waals surface area contributed by atoms with E-state index in [4.69, 9.17) is 4.55 Å². The van der Waals surface area contributed by atoms with Crippen molar-refractivity contribution in [1.82, 2.24) is 0 Å². The van der Waals surface area contributed by atoms with E-state index in [0.717, 1.165) is 19.3 Å². The fourth-order valence-electron chi connectivity index (χ4n) is 2.32. The molecule has 4 nitrogen and oxygen atoms in total. The molecule has 0 heterocycles. The van der Waals surface area contributed by atoms with Crippen LogP contribution in [0.1, 0.15) is 83.5 Å². The molecule has 0 aromatic rings. The lowest BCUT2D eigenvalue weighted by atomic mass is 10.0. The standard InChI is InChI=1S/C16H32O4S/c1-2-3-4-5-6-7-8-9-10-11-12-13-14-15-16-20-21(17,18)19/h2H,1,3-16H2,(H,17,18,19). The Kier molecular flexibility index (Phi) is 14.3. The topological polar surface area (TPSA) is 63.6 Å². The summed E-state index contributed by atoms with van der Waals surface area (Å²) in [7, 11) is -4.25. The fourth-order valence-corrected chi connectivity index (χ4v) is 2.65. The van der Waals surface area contributed by atoms with Gasteiger partial charge in [0.25, 0.3) is 0 Å². The van der Waals surface area contributed by atoms with Gasteiger partial charge in [0.1, 0.15) is 0 Å². The molecule has 0 saturated carbocycles. The van der Waals surface area contributed by atoms with E-state index in [1.807, 2.05) is 6.08 Å². The van der Waals surface area contributed by atoms with Gasteiger partial charge in [0, 0.05) is 0 Å². The van der Waals surface area contributed by atoms with E-state index in [1.54, 1.807) is 0 Å². The zero-order chi connectivity index (χ0) is 15.8. The maximum atomic E-state index is 10.3. The Labute approximate surface area is 130 Å². The van der Waals surface area contributed by atoms with Gasteiger partial charge in [-0.15, -0.1) is 6.58 Å². The van der Waals surface area contributed by atoms with E-state index in [-0.39, 0.29) is 6.61 Å². The van der Waals surface area contributed by atoms with Crippen molar-refractivity contribution in [2.24, 2.45) is 0 Å². The maximum absolute atomic E-state index is 10.3. The van der Waals surface area contributed by atoms with Crippen LogP contribution in [0.5, 0.6) is 0 Å². The molecule has 21 heavy (non-hydrogen) atoms. The lowest BCUT2D eigenvalue weighted by Gasteiger charge is -2.03. The van der Waals surface area contributed by atoms with E-state index >= 15 is 0 Å². The predicted octanol–water partition coefficient (Wildman–Crippen LogP) is 5.06. The summed E-state index contributed by atoms with van der Waals surface area (Å²) in [6, 6.07) is 0. The highest BCUT2D eigenvalue weighted by atomic mass is 32.3. The van der Waals surface area contributed by atoms with Crippen LogP contribution >= 0.6 is 0 Å². The van der Waals surface area contributed by atoms with Gasteiger partial charge in [0.05, 0.1) is 6.61 Å². The molecule has 0 fully saturated rings. The quantitative estimate of drug-likeness (QED) is 0.245. The molecule has 0 aliphatic heterocycles.